The van der Waals surface area contributed by atoms with Gasteiger partial charge in [0.15, 0.2) is 23.3 Å². The third kappa shape index (κ3) is 11.3. The van der Waals surface area contributed by atoms with Crippen molar-refractivity contribution in [3.63, 3.8) is 0 Å². The molecule has 17 rings (SSSR count). The Morgan fingerprint density at radius 3 is 1.37 bits per heavy atom. The van der Waals surface area contributed by atoms with E-state index in [1.807, 2.05) is 78.9 Å². The van der Waals surface area contributed by atoms with Crippen molar-refractivity contribution < 1.29 is 24.7 Å². The molecule has 0 bridgehead atoms. The molecule has 7 heteroatoms. The van der Waals surface area contributed by atoms with Crippen LogP contribution in [0, 0.1) is 0 Å². The average molecular weight is 1230 g/mol. The number of fused-ring (bicyclic) bond motifs is 6. The van der Waals surface area contributed by atoms with Gasteiger partial charge in [0, 0.05) is 73.7 Å². The second kappa shape index (κ2) is 24.8. The molecule has 432 valence electrons. The van der Waals surface area contributed by atoms with E-state index in [0.29, 0.717) is 11.1 Å². The van der Waals surface area contributed by atoms with Gasteiger partial charge >= 0.3 is 0 Å². The maximum absolute atomic E-state index is 8.77. The van der Waals surface area contributed by atoms with Gasteiger partial charge in [-0.3, -0.25) is 0 Å². The Hall–Kier alpha value is -11.6. The van der Waals surface area contributed by atoms with Crippen LogP contribution in [0.4, 0.5) is 0 Å². The summed E-state index contributed by atoms with van der Waals surface area (Å²) >= 11 is 3.55. The summed E-state index contributed by atoms with van der Waals surface area (Å²) in [5, 5.41) is 4.88. The summed E-state index contributed by atoms with van der Waals surface area (Å²) < 4.78 is 155. The van der Waals surface area contributed by atoms with Crippen molar-refractivity contribution >= 4 is 63.0 Å². The second-order valence-electron chi connectivity index (χ2n) is 21.4. The average Bonchev–Trinajstić information content (AvgIpc) is 1.34. The van der Waals surface area contributed by atoms with Crippen LogP contribution in [0.3, 0.4) is 0 Å². The van der Waals surface area contributed by atoms with Gasteiger partial charge in [-0.15, -0.1) is 22.7 Å². The van der Waals surface area contributed by atoms with Gasteiger partial charge in [0.05, 0.1) is 36.1 Å². The molecule has 0 aliphatic rings. The fourth-order valence-corrected chi connectivity index (χ4v) is 13.6. The highest BCUT2D eigenvalue weighted by atomic mass is 32.1. The van der Waals surface area contributed by atoms with E-state index in [4.69, 9.17) is 34.6 Å². The predicted octanol–water partition coefficient (Wildman–Crippen LogP) is 23.4. The van der Waals surface area contributed by atoms with Gasteiger partial charge in [0.2, 0.25) is 0 Å². The molecule has 0 saturated heterocycles. The van der Waals surface area contributed by atoms with Gasteiger partial charge in [0.1, 0.15) is 0 Å². The quantitative estimate of drug-likeness (QED) is 0.129. The summed E-state index contributed by atoms with van der Waals surface area (Å²) in [5.74, 6) is -0.129. The van der Waals surface area contributed by atoms with E-state index in [-0.39, 0.29) is 81.1 Å². The van der Waals surface area contributed by atoms with Gasteiger partial charge in [0.25, 0.3) is 0 Å². The lowest BCUT2D eigenvalue weighted by Gasteiger charge is -2.13. The molecule has 0 N–H and O–H groups in total. The molecular formula is C85H55N5S2. The van der Waals surface area contributed by atoms with Crippen LogP contribution < -0.4 is 0 Å². The maximum atomic E-state index is 8.77. The summed E-state index contributed by atoms with van der Waals surface area (Å²) in [6, 6.07) is 65.1. The highest BCUT2D eigenvalue weighted by Crippen LogP contribution is 2.42. The SMILES string of the molecule is [2H]c1cc(-c2cc(-c3c([2H])c([2H])c([2H])c([2H])c3[2H])nc(-c3cc(-c4ccccc4)cc(-c4cccc(-c5ccc6sc7ccccc7c6c5)c4)c3)n2)c([2H])c([2H])c1[2H].[2H]c1cc(-c2nc(-c3ccc(-c4cccc(-c5cccc6c5sc5ccccc56)c4)cc3)nc(-c3c([2H])c([2H])c([2H])c([2H])c3[2H])n2)c([2H])c([2H])c1[2H]. The molecule has 4 aromatic heterocycles. The minimum Gasteiger partial charge on any atom is -0.228 e. The zero-order chi connectivity index (χ0) is 76.8. The highest BCUT2D eigenvalue weighted by Gasteiger charge is 2.18. The van der Waals surface area contributed by atoms with Crippen molar-refractivity contribution in [2.75, 3.05) is 0 Å². The molecule has 0 unspecified atom stereocenters. The molecule has 0 amide bonds. The predicted molar refractivity (Wildman–Crippen MR) is 387 cm³/mol. The van der Waals surface area contributed by atoms with Gasteiger partial charge in [-0.2, -0.15) is 0 Å². The highest BCUT2D eigenvalue weighted by molar-refractivity contribution is 7.26. The summed E-state index contributed by atoms with van der Waals surface area (Å²) in [5.41, 5.74) is 10.6. The van der Waals surface area contributed by atoms with E-state index >= 15 is 0 Å². The lowest BCUT2D eigenvalue weighted by Crippen LogP contribution is -2.00. The van der Waals surface area contributed by atoms with E-state index in [1.165, 1.54) is 58.5 Å². The Morgan fingerprint density at radius 1 is 0.217 bits per heavy atom. The molecule has 13 aromatic carbocycles. The minimum atomic E-state index is -0.564. The van der Waals surface area contributed by atoms with Crippen molar-refractivity contribution in [2.45, 2.75) is 0 Å². The van der Waals surface area contributed by atoms with E-state index in [2.05, 4.69) is 130 Å². The zero-order valence-electron chi connectivity index (χ0n) is 66.4. The van der Waals surface area contributed by atoms with Crippen molar-refractivity contribution in [2.24, 2.45) is 0 Å². The molecule has 4 heterocycles. The number of nitrogens with zero attached hydrogens (tertiary/aromatic N) is 5. The van der Waals surface area contributed by atoms with Crippen LogP contribution in [0.25, 0.3) is 164 Å². The second-order valence-corrected chi connectivity index (χ2v) is 23.6. The fourth-order valence-electron chi connectivity index (χ4n) is 11.3. The minimum absolute atomic E-state index is 0.00872. The molecule has 0 saturated carbocycles. The zero-order valence-corrected chi connectivity index (χ0v) is 50.0. The van der Waals surface area contributed by atoms with Crippen LogP contribution in [0.2, 0.25) is 0 Å². The van der Waals surface area contributed by atoms with Crippen LogP contribution in [0.1, 0.15) is 24.7 Å². The first-order chi connectivity index (χ1) is 53.0. The Labute approximate surface area is 567 Å². The number of thiophene rings is 2. The van der Waals surface area contributed by atoms with E-state index in [1.54, 1.807) is 34.8 Å². The molecule has 0 aliphatic carbocycles. The molecule has 0 fully saturated rings. The van der Waals surface area contributed by atoms with Crippen LogP contribution >= 0.6 is 22.7 Å². The summed E-state index contributed by atoms with van der Waals surface area (Å²) in [6.45, 7) is 0. The molecule has 92 heavy (non-hydrogen) atoms. The lowest BCUT2D eigenvalue weighted by molar-refractivity contribution is 1.07. The van der Waals surface area contributed by atoms with Crippen molar-refractivity contribution in [3.8, 4) is 124 Å². The van der Waals surface area contributed by atoms with Crippen molar-refractivity contribution in [1.29, 1.82) is 0 Å². The van der Waals surface area contributed by atoms with Crippen LogP contribution in [0.5, 0.6) is 0 Å². The third-order valence-corrected chi connectivity index (χ3v) is 18.1. The number of aromatic nitrogens is 5. The Balaban J connectivity index is 0.000000168. The summed E-state index contributed by atoms with van der Waals surface area (Å²) in [6.07, 6.45) is 0. The molecule has 17 aromatic rings. The first kappa shape index (κ1) is 39.4. The standard InChI is InChI=1S/C46H30N2S.C39H25N3S/c1-4-13-31(14-5-1)37-26-38(35-20-12-19-34(25-35)36-23-24-45-41(29-36)40-21-10-11-22-44(40)49-45)28-39(27-37)46-47-42(32-15-6-2-7-16-32)30-43(48-46)33-17-8-3-9-18-33;1-3-11-27(12-4-1)37-40-38(28-13-5-2-6-14-28)42-39(41-37)29-23-21-26(22-24-29)30-15-9-16-31(25-30)32-18-10-19-34-33-17-7-8-20-35(33)43-36(32)34/h1-30H;1-25H/i2D,3D,6D,7D,8D,9D,15D,16D,17D;1D,2D,3D,4D,5D,6D,11D,12D,13D. The Bertz CT molecular complexity index is 6610. The molecule has 0 atom stereocenters. The van der Waals surface area contributed by atoms with Crippen molar-refractivity contribution in [3.05, 3.63) is 333 Å². The maximum Gasteiger partial charge on any atom is 0.164 e. The van der Waals surface area contributed by atoms with E-state index < -0.39 is 84.6 Å². The fraction of sp³-hybridized carbons (Fsp3) is 0. The molecule has 0 spiro atoms. The lowest BCUT2D eigenvalue weighted by atomic mass is 9.93. The van der Waals surface area contributed by atoms with Crippen LogP contribution in [-0.2, 0) is 0 Å². The third-order valence-electron chi connectivity index (χ3n) is 15.7. The Kier molecular flexibility index (Phi) is 10.6. The first-order valence-electron chi connectivity index (χ1n) is 38.3. The molecule has 0 radical (unpaired) electrons. The van der Waals surface area contributed by atoms with E-state index in [0.717, 1.165) is 55.6 Å². The van der Waals surface area contributed by atoms with Gasteiger partial charge in [-0.25, -0.2) is 24.9 Å². The normalized spacial score (nSPS) is 14.0. The smallest absolute Gasteiger partial charge is 0.164 e. The number of hydrogen-bond acceptors (Lipinski definition) is 7. The number of rotatable bonds is 11. The van der Waals surface area contributed by atoms with Gasteiger partial charge in [-0.1, -0.05) is 273 Å². The summed E-state index contributed by atoms with van der Waals surface area (Å²) in [4.78, 5) is 23.2. The molecule has 5 nitrogen and oxygen atoms in total. The van der Waals surface area contributed by atoms with Crippen molar-refractivity contribution in [1.82, 2.24) is 24.9 Å². The van der Waals surface area contributed by atoms with Crippen LogP contribution in [-0.4, -0.2) is 24.9 Å². The monoisotopic (exact) mass is 1230 g/mol. The van der Waals surface area contributed by atoms with Gasteiger partial charge in [-0.05, 0) is 116 Å². The summed E-state index contributed by atoms with van der Waals surface area (Å²) in [7, 11) is 0. The molecule has 0 aliphatic heterocycles. The number of hydrogen-bond donors (Lipinski definition) is 0. The van der Waals surface area contributed by atoms with Crippen LogP contribution in [0.15, 0.2) is 333 Å². The Morgan fingerprint density at radius 2 is 0.641 bits per heavy atom. The first-order valence-corrected chi connectivity index (χ1v) is 30.9. The topological polar surface area (TPSA) is 64.5 Å². The van der Waals surface area contributed by atoms with E-state index in [9.17, 15) is 0 Å². The largest absolute Gasteiger partial charge is 0.228 e. The molecular weight excluding hydrogens is 1160 g/mol. The van der Waals surface area contributed by atoms with Gasteiger partial charge < -0.3 is 0 Å². The number of benzene rings is 13.